The van der Waals surface area contributed by atoms with Crippen molar-refractivity contribution in [3.05, 3.63) is 0 Å². The minimum absolute atomic E-state index is 0.509. The topological polar surface area (TPSA) is 24.5 Å². The Morgan fingerprint density at radius 3 is 2.53 bits per heavy atom. The van der Waals surface area contributed by atoms with Crippen molar-refractivity contribution in [2.45, 2.75) is 58.6 Å². The molecular weight excluding hydrogens is 212 g/mol. The number of rotatable bonds is 8. The van der Waals surface area contributed by atoms with Crippen LogP contribution < -0.4 is 5.32 Å². The van der Waals surface area contributed by atoms with Gasteiger partial charge in [-0.1, -0.05) is 6.92 Å². The zero-order valence-electron chi connectivity index (χ0n) is 11.9. The lowest BCUT2D eigenvalue weighted by atomic mass is 10.1. The van der Waals surface area contributed by atoms with Gasteiger partial charge in [0.2, 0.25) is 0 Å². The van der Waals surface area contributed by atoms with Crippen LogP contribution in [0.2, 0.25) is 0 Å². The second-order valence-corrected chi connectivity index (χ2v) is 5.30. The quantitative estimate of drug-likeness (QED) is 0.661. The Bertz CT molecular complexity index is 179. The summed E-state index contributed by atoms with van der Waals surface area (Å²) in [6, 6.07) is 0.661. The van der Waals surface area contributed by atoms with E-state index < -0.39 is 0 Å². The Balaban J connectivity index is 2.04. The lowest BCUT2D eigenvalue weighted by Gasteiger charge is -2.27. The Morgan fingerprint density at radius 1 is 1.24 bits per heavy atom. The third kappa shape index (κ3) is 6.39. The van der Waals surface area contributed by atoms with Crippen molar-refractivity contribution in [2.24, 2.45) is 0 Å². The van der Waals surface area contributed by atoms with Crippen LogP contribution in [0.15, 0.2) is 0 Å². The normalized spacial score (nSPS) is 18.2. The second-order valence-electron chi connectivity index (χ2n) is 5.30. The molecule has 0 saturated carbocycles. The number of hydrogen-bond donors (Lipinski definition) is 1. The first-order valence-corrected chi connectivity index (χ1v) is 7.30. The first-order valence-electron chi connectivity index (χ1n) is 7.30. The number of nitrogens with zero attached hydrogens (tertiary/aromatic N) is 1. The van der Waals surface area contributed by atoms with E-state index in [0.29, 0.717) is 12.1 Å². The maximum absolute atomic E-state index is 5.92. The summed E-state index contributed by atoms with van der Waals surface area (Å²) in [7, 11) is 0. The molecule has 1 aliphatic rings. The zero-order valence-corrected chi connectivity index (χ0v) is 11.9. The monoisotopic (exact) mass is 242 g/mol. The van der Waals surface area contributed by atoms with Gasteiger partial charge in [-0.3, -0.25) is 0 Å². The molecule has 1 rings (SSSR count). The molecule has 0 amide bonds. The number of piperidine rings is 1. The highest BCUT2D eigenvalue weighted by Gasteiger charge is 2.13. The smallest absolute Gasteiger partial charge is 0.0599 e. The van der Waals surface area contributed by atoms with Crippen LogP contribution in [0, 0.1) is 0 Å². The Kier molecular flexibility index (Phi) is 7.82. The van der Waals surface area contributed by atoms with E-state index >= 15 is 0 Å². The minimum Gasteiger partial charge on any atom is -0.378 e. The van der Waals surface area contributed by atoms with E-state index in [1.54, 1.807) is 0 Å². The molecule has 0 aliphatic carbocycles. The second kappa shape index (κ2) is 8.90. The molecule has 0 aromatic rings. The Morgan fingerprint density at radius 2 is 1.94 bits per heavy atom. The lowest BCUT2D eigenvalue weighted by Crippen LogP contribution is -2.34. The van der Waals surface area contributed by atoms with Gasteiger partial charge in [-0.25, -0.2) is 0 Å². The van der Waals surface area contributed by atoms with Crippen molar-refractivity contribution in [3.8, 4) is 0 Å². The minimum atomic E-state index is 0.509. The fourth-order valence-electron chi connectivity index (χ4n) is 2.40. The average molecular weight is 242 g/mol. The van der Waals surface area contributed by atoms with E-state index in [9.17, 15) is 0 Å². The van der Waals surface area contributed by atoms with Gasteiger partial charge >= 0.3 is 0 Å². The van der Waals surface area contributed by atoms with E-state index in [-0.39, 0.29) is 0 Å². The molecule has 0 aromatic heterocycles. The molecule has 0 atom stereocenters. The summed E-state index contributed by atoms with van der Waals surface area (Å²) in [5.41, 5.74) is 0. The van der Waals surface area contributed by atoms with E-state index in [0.717, 1.165) is 19.7 Å². The summed E-state index contributed by atoms with van der Waals surface area (Å²) in [5, 5.41) is 3.37. The molecule has 0 aromatic carbocycles. The van der Waals surface area contributed by atoms with Crippen molar-refractivity contribution < 1.29 is 4.74 Å². The molecule has 1 fully saturated rings. The average Bonchev–Trinajstić information content (AvgIpc) is 2.34. The van der Waals surface area contributed by atoms with Gasteiger partial charge < -0.3 is 15.0 Å². The molecule has 0 bridgehead atoms. The molecule has 1 heterocycles. The van der Waals surface area contributed by atoms with Crippen LogP contribution >= 0.6 is 0 Å². The summed E-state index contributed by atoms with van der Waals surface area (Å²) < 4.78 is 5.92. The van der Waals surface area contributed by atoms with Crippen molar-refractivity contribution in [2.75, 3.05) is 32.8 Å². The molecule has 3 nitrogen and oxygen atoms in total. The van der Waals surface area contributed by atoms with Gasteiger partial charge in [-0.15, -0.1) is 0 Å². The van der Waals surface area contributed by atoms with Crippen molar-refractivity contribution in [1.82, 2.24) is 10.2 Å². The first kappa shape index (κ1) is 14.9. The van der Waals surface area contributed by atoms with Gasteiger partial charge in [0.1, 0.15) is 0 Å². The van der Waals surface area contributed by atoms with E-state index in [1.807, 2.05) is 0 Å². The summed E-state index contributed by atoms with van der Waals surface area (Å²) in [4.78, 5) is 2.55. The van der Waals surface area contributed by atoms with Crippen LogP contribution in [0.5, 0.6) is 0 Å². The van der Waals surface area contributed by atoms with E-state index in [4.69, 9.17) is 4.74 Å². The first-order chi connectivity index (χ1) is 8.24. The molecule has 0 radical (unpaired) electrons. The Hall–Kier alpha value is -0.120. The maximum Gasteiger partial charge on any atom is 0.0599 e. The number of nitrogens with one attached hydrogen (secondary N) is 1. The van der Waals surface area contributed by atoms with Crippen molar-refractivity contribution in [1.29, 1.82) is 0 Å². The van der Waals surface area contributed by atoms with Crippen LogP contribution in [0.1, 0.15) is 46.5 Å². The van der Waals surface area contributed by atoms with Gasteiger partial charge in [0, 0.05) is 19.2 Å². The summed E-state index contributed by atoms with van der Waals surface area (Å²) in [6.45, 7) is 12.4. The van der Waals surface area contributed by atoms with Gasteiger partial charge in [0.05, 0.1) is 6.10 Å². The van der Waals surface area contributed by atoms with Crippen LogP contribution in [0.25, 0.3) is 0 Å². The molecular formula is C14H30N2O. The van der Waals surface area contributed by atoms with E-state index in [2.05, 4.69) is 31.0 Å². The highest BCUT2D eigenvalue weighted by Crippen LogP contribution is 2.08. The summed E-state index contributed by atoms with van der Waals surface area (Å²) in [6.07, 6.45) is 5.29. The van der Waals surface area contributed by atoms with Crippen LogP contribution in [0.4, 0.5) is 0 Å². The largest absolute Gasteiger partial charge is 0.378 e. The number of hydrogen-bond acceptors (Lipinski definition) is 3. The number of ether oxygens (including phenoxy) is 1. The highest BCUT2D eigenvalue weighted by molar-refractivity contribution is 4.68. The zero-order chi connectivity index (χ0) is 12.5. The third-order valence-electron chi connectivity index (χ3n) is 3.47. The van der Waals surface area contributed by atoms with Gasteiger partial charge in [0.25, 0.3) is 0 Å². The maximum atomic E-state index is 5.92. The fourth-order valence-corrected chi connectivity index (χ4v) is 2.40. The Labute approximate surface area is 107 Å². The van der Waals surface area contributed by atoms with Gasteiger partial charge in [0.15, 0.2) is 0 Å². The molecule has 102 valence electrons. The van der Waals surface area contributed by atoms with Gasteiger partial charge in [-0.05, 0) is 59.2 Å². The van der Waals surface area contributed by atoms with Crippen LogP contribution in [-0.2, 0) is 4.74 Å². The van der Waals surface area contributed by atoms with Gasteiger partial charge in [-0.2, -0.15) is 0 Å². The molecule has 1 N–H and O–H groups in total. The molecule has 0 unspecified atom stereocenters. The van der Waals surface area contributed by atoms with E-state index in [1.165, 1.54) is 38.8 Å². The standard InChI is InChI=1S/C14H30N2O/c1-4-10-16(13(2)3)11-5-12-17-14-6-8-15-9-7-14/h13-15H,4-12H2,1-3H3. The molecule has 1 saturated heterocycles. The van der Waals surface area contributed by atoms with Crippen molar-refractivity contribution >= 4 is 0 Å². The lowest BCUT2D eigenvalue weighted by molar-refractivity contribution is 0.0265. The molecule has 17 heavy (non-hydrogen) atoms. The predicted molar refractivity (Wildman–Crippen MR) is 73.5 cm³/mol. The summed E-state index contributed by atoms with van der Waals surface area (Å²) >= 11 is 0. The molecule has 0 spiro atoms. The van der Waals surface area contributed by atoms with Crippen molar-refractivity contribution in [3.63, 3.8) is 0 Å². The molecule has 1 aliphatic heterocycles. The highest BCUT2D eigenvalue weighted by atomic mass is 16.5. The SMILES string of the molecule is CCCN(CCCOC1CCNCC1)C(C)C. The fraction of sp³-hybridized carbons (Fsp3) is 1.00. The summed E-state index contributed by atoms with van der Waals surface area (Å²) in [5.74, 6) is 0. The van der Waals surface area contributed by atoms with Crippen LogP contribution in [-0.4, -0.2) is 49.8 Å². The molecule has 3 heteroatoms. The predicted octanol–water partition coefficient (Wildman–Crippen LogP) is 2.27. The van der Waals surface area contributed by atoms with Crippen LogP contribution in [0.3, 0.4) is 0 Å². The third-order valence-corrected chi connectivity index (χ3v) is 3.47.